The van der Waals surface area contributed by atoms with E-state index in [1.54, 1.807) is 0 Å². The highest BCUT2D eigenvalue weighted by molar-refractivity contribution is 9.09. The number of hydrogen-bond acceptors (Lipinski definition) is 2. The van der Waals surface area contributed by atoms with Gasteiger partial charge in [-0.25, -0.2) is 0 Å². The van der Waals surface area contributed by atoms with Crippen LogP contribution < -0.4 is 0 Å². The first-order valence-electron chi connectivity index (χ1n) is 4.25. The van der Waals surface area contributed by atoms with Crippen molar-refractivity contribution >= 4 is 21.9 Å². The third-order valence-corrected chi connectivity index (χ3v) is 2.57. The Morgan fingerprint density at radius 3 is 2.62 bits per heavy atom. The van der Waals surface area contributed by atoms with Gasteiger partial charge in [0.05, 0.1) is 7.11 Å². The highest BCUT2D eigenvalue weighted by Gasteiger charge is 2.34. The fourth-order valence-corrected chi connectivity index (χ4v) is 2.10. The number of halogens is 1. The number of ether oxygens (including phenoxy) is 1. The molecule has 0 unspecified atom stereocenters. The Balaban J connectivity index is 2.85. The quantitative estimate of drug-likeness (QED) is 0.433. The Bertz CT molecular complexity index is 231. The van der Waals surface area contributed by atoms with E-state index in [9.17, 15) is 4.79 Å². The van der Waals surface area contributed by atoms with Crippen LogP contribution in [0.4, 0.5) is 0 Å². The van der Waals surface area contributed by atoms with Crippen molar-refractivity contribution in [3.63, 3.8) is 0 Å². The first-order valence-corrected chi connectivity index (χ1v) is 5.37. The molecule has 0 atom stereocenters. The van der Waals surface area contributed by atoms with Gasteiger partial charge in [-0.15, -0.1) is 0 Å². The zero-order valence-electron chi connectivity index (χ0n) is 7.63. The predicted octanol–water partition coefficient (Wildman–Crippen LogP) is 2.45. The van der Waals surface area contributed by atoms with E-state index in [0.717, 1.165) is 18.2 Å². The molecule has 0 amide bonds. The van der Waals surface area contributed by atoms with Crippen LogP contribution in [-0.4, -0.2) is 18.4 Å². The molecule has 72 valence electrons. The zero-order chi connectivity index (χ0) is 9.73. The minimum Gasteiger partial charge on any atom is -0.468 e. The Morgan fingerprint density at radius 1 is 1.54 bits per heavy atom. The summed E-state index contributed by atoms with van der Waals surface area (Å²) in [5, 5.41) is 0.788. The summed E-state index contributed by atoms with van der Waals surface area (Å²) in [4.78, 5) is 11.5. The van der Waals surface area contributed by atoms with Crippen LogP contribution in [-0.2, 0) is 9.53 Å². The highest BCUT2D eigenvalue weighted by atomic mass is 79.9. The van der Waals surface area contributed by atoms with E-state index in [1.165, 1.54) is 7.11 Å². The smallest absolute Gasteiger partial charge is 0.319 e. The predicted molar refractivity (Wildman–Crippen MR) is 55.8 cm³/mol. The molecule has 0 aromatic heterocycles. The van der Waals surface area contributed by atoms with Crippen LogP contribution >= 0.6 is 15.9 Å². The largest absolute Gasteiger partial charge is 0.468 e. The Labute approximate surface area is 86.8 Å². The molecule has 0 radical (unpaired) electrons. The number of carbonyl (C=O) groups excluding carboxylic acids is 1. The molecule has 0 spiro atoms. The van der Waals surface area contributed by atoms with Gasteiger partial charge in [-0.3, -0.25) is 4.79 Å². The molecule has 3 heteroatoms. The average Bonchev–Trinajstić information content (AvgIpc) is 2.18. The van der Waals surface area contributed by atoms with Crippen molar-refractivity contribution in [2.45, 2.75) is 12.8 Å². The molecule has 1 aliphatic carbocycles. The summed E-state index contributed by atoms with van der Waals surface area (Å²) in [6.45, 7) is 0. The molecular weight excluding hydrogens is 232 g/mol. The monoisotopic (exact) mass is 244 g/mol. The van der Waals surface area contributed by atoms with Gasteiger partial charge in [-0.1, -0.05) is 40.2 Å². The van der Waals surface area contributed by atoms with Gasteiger partial charge < -0.3 is 4.74 Å². The van der Waals surface area contributed by atoms with E-state index in [0.29, 0.717) is 0 Å². The standard InChI is InChI=1S/C10H13BrO2/c1-13-9(12)10(7-8-11)5-3-2-4-6-10/h3-6H,2,7-8H2,1H3. The van der Waals surface area contributed by atoms with Crippen molar-refractivity contribution < 1.29 is 9.53 Å². The molecule has 0 N–H and O–H groups in total. The molecule has 1 aliphatic rings. The van der Waals surface area contributed by atoms with Gasteiger partial charge >= 0.3 is 5.97 Å². The SMILES string of the molecule is COC(=O)C1(CCBr)C=CCC=C1. The fourth-order valence-electron chi connectivity index (χ4n) is 1.44. The first-order chi connectivity index (χ1) is 6.25. The van der Waals surface area contributed by atoms with Crippen molar-refractivity contribution in [1.82, 2.24) is 0 Å². The van der Waals surface area contributed by atoms with Crippen LogP contribution in [0.25, 0.3) is 0 Å². The Morgan fingerprint density at radius 2 is 2.15 bits per heavy atom. The summed E-state index contributed by atoms with van der Waals surface area (Å²) >= 11 is 3.34. The molecular formula is C10H13BrO2. The number of methoxy groups -OCH3 is 1. The maximum absolute atomic E-state index is 11.5. The zero-order valence-corrected chi connectivity index (χ0v) is 9.21. The fraction of sp³-hybridized carbons (Fsp3) is 0.500. The van der Waals surface area contributed by atoms with Crippen LogP contribution in [0.5, 0.6) is 0 Å². The van der Waals surface area contributed by atoms with Crippen molar-refractivity contribution in [2.24, 2.45) is 5.41 Å². The summed E-state index contributed by atoms with van der Waals surface area (Å²) in [6, 6.07) is 0. The van der Waals surface area contributed by atoms with Gasteiger partial charge in [0.2, 0.25) is 0 Å². The molecule has 0 aromatic carbocycles. The lowest BCUT2D eigenvalue weighted by molar-refractivity contribution is -0.147. The number of esters is 1. The minimum atomic E-state index is -0.531. The normalized spacial score (nSPS) is 18.6. The molecule has 2 nitrogen and oxygen atoms in total. The van der Waals surface area contributed by atoms with Crippen LogP contribution in [0.1, 0.15) is 12.8 Å². The van der Waals surface area contributed by atoms with E-state index in [1.807, 2.05) is 24.3 Å². The molecule has 1 rings (SSSR count). The molecule has 0 fully saturated rings. The number of allylic oxidation sites excluding steroid dienone is 2. The van der Waals surface area contributed by atoms with Gasteiger partial charge in [0.15, 0.2) is 0 Å². The van der Waals surface area contributed by atoms with Gasteiger partial charge in [0.25, 0.3) is 0 Å². The van der Waals surface area contributed by atoms with E-state index in [4.69, 9.17) is 4.74 Å². The van der Waals surface area contributed by atoms with E-state index in [2.05, 4.69) is 15.9 Å². The topological polar surface area (TPSA) is 26.3 Å². The first kappa shape index (κ1) is 10.5. The second kappa shape index (κ2) is 4.61. The van der Waals surface area contributed by atoms with Gasteiger partial charge in [-0.2, -0.15) is 0 Å². The minimum absolute atomic E-state index is 0.181. The molecule has 13 heavy (non-hydrogen) atoms. The van der Waals surface area contributed by atoms with E-state index >= 15 is 0 Å². The molecule has 0 bridgehead atoms. The lowest BCUT2D eigenvalue weighted by Gasteiger charge is -2.25. The Kier molecular flexibility index (Phi) is 3.72. The van der Waals surface area contributed by atoms with Crippen LogP contribution in [0.3, 0.4) is 0 Å². The summed E-state index contributed by atoms with van der Waals surface area (Å²) < 4.78 is 4.78. The summed E-state index contributed by atoms with van der Waals surface area (Å²) in [6.07, 6.45) is 9.51. The lowest BCUT2D eigenvalue weighted by atomic mass is 9.82. The van der Waals surface area contributed by atoms with Crippen molar-refractivity contribution in [1.29, 1.82) is 0 Å². The van der Waals surface area contributed by atoms with Crippen molar-refractivity contribution in [2.75, 3.05) is 12.4 Å². The second-order valence-corrected chi connectivity index (χ2v) is 3.80. The lowest BCUT2D eigenvalue weighted by Crippen LogP contribution is -2.29. The maximum atomic E-state index is 11.5. The van der Waals surface area contributed by atoms with Crippen LogP contribution in [0, 0.1) is 5.41 Å². The molecule has 0 aromatic rings. The van der Waals surface area contributed by atoms with Gasteiger partial charge in [0.1, 0.15) is 5.41 Å². The van der Waals surface area contributed by atoms with Crippen LogP contribution in [0.15, 0.2) is 24.3 Å². The summed E-state index contributed by atoms with van der Waals surface area (Å²) in [7, 11) is 1.43. The molecule has 0 aliphatic heterocycles. The summed E-state index contributed by atoms with van der Waals surface area (Å²) in [5.41, 5.74) is -0.531. The second-order valence-electron chi connectivity index (χ2n) is 3.01. The number of carbonyl (C=O) groups is 1. The number of hydrogen-bond donors (Lipinski definition) is 0. The molecule has 0 saturated heterocycles. The molecule has 0 saturated carbocycles. The van der Waals surface area contributed by atoms with E-state index < -0.39 is 5.41 Å². The van der Waals surface area contributed by atoms with E-state index in [-0.39, 0.29) is 5.97 Å². The van der Waals surface area contributed by atoms with Crippen molar-refractivity contribution in [3.8, 4) is 0 Å². The van der Waals surface area contributed by atoms with Crippen molar-refractivity contribution in [3.05, 3.63) is 24.3 Å². The van der Waals surface area contributed by atoms with Crippen LogP contribution in [0.2, 0.25) is 0 Å². The van der Waals surface area contributed by atoms with Gasteiger partial charge in [0, 0.05) is 5.33 Å². The third kappa shape index (κ3) is 2.21. The molecule has 0 heterocycles. The average molecular weight is 245 g/mol. The highest BCUT2D eigenvalue weighted by Crippen LogP contribution is 2.31. The Hall–Kier alpha value is -0.570. The number of alkyl halides is 1. The summed E-state index contributed by atoms with van der Waals surface area (Å²) in [5.74, 6) is -0.181. The van der Waals surface area contributed by atoms with Gasteiger partial charge in [-0.05, 0) is 12.8 Å². The number of rotatable bonds is 3. The third-order valence-electron chi connectivity index (χ3n) is 2.18. The maximum Gasteiger partial charge on any atom is 0.319 e.